The van der Waals surface area contributed by atoms with Crippen LogP contribution in [0.3, 0.4) is 0 Å². The van der Waals surface area contributed by atoms with Crippen molar-refractivity contribution < 1.29 is 20.1 Å². The van der Waals surface area contributed by atoms with Crippen molar-refractivity contribution in [1.29, 1.82) is 0 Å². The Hall–Kier alpha value is -4.24. The summed E-state index contributed by atoms with van der Waals surface area (Å²) in [6, 6.07) is 51.4. The second kappa shape index (κ2) is 18.1. The van der Waals surface area contributed by atoms with E-state index in [0.29, 0.717) is 0 Å². The van der Waals surface area contributed by atoms with Gasteiger partial charge in [-0.05, 0) is 55.7 Å². The smallest absolute Gasteiger partial charge is 0.261 e. The van der Waals surface area contributed by atoms with Crippen molar-refractivity contribution in [3.05, 3.63) is 198 Å². The van der Waals surface area contributed by atoms with Gasteiger partial charge in [0.05, 0.1) is 0 Å². The summed E-state index contributed by atoms with van der Waals surface area (Å²) in [5, 5.41) is 0. The maximum atomic E-state index is 4.25. The molecule has 0 fully saturated rings. The molecule has 3 heterocycles. The van der Waals surface area contributed by atoms with Crippen LogP contribution < -0.4 is 0 Å². The van der Waals surface area contributed by atoms with Crippen molar-refractivity contribution in [3.63, 3.8) is 0 Å². The zero-order chi connectivity index (χ0) is 26.8. The van der Waals surface area contributed by atoms with E-state index < -0.39 is 0 Å². The Morgan fingerprint density at radius 3 is 0.900 bits per heavy atom. The zero-order valence-corrected chi connectivity index (χ0v) is 24.5. The molecule has 3 nitrogen and oxygen atoms in total. The minimum Gasteiger partial charge on any atom is -0.261 e. The molecule has 3 aromatic heterocycles. The Balaban J connectivity index is 0.000000163. The van der Waals surface area contributed by atoms with E-state index >= 15 is 0 Å². The first kappa shape index (κ1) is 30.3. The summed E-state index contributed by atoms with van der Waals surface area (Å²) in [6.07, 6.45) is 8.04. The molecular formula is C36H30IrN3. The van der Waals surface area contributed by atoms with Gasteiger partial charge in [0, 0.05) is 35.7 Å². The van der Waals surface area contributed by atoms with E-state index in [0.717, 1.165) is 36.3 Å². The molecule has 0 N–H and O–H groups in total. The number of nitrogens with zero attached hydrogens (tertiary/aromatic N) is 3. The minimum atomic E-state index is 0. The fourth-order valence-electron chi connectivity index (χ4n) is 3.71. The van der Waals surface area contributed by atoms with Crippen LogP contribution in [0.2, 0.25) is 0 Å². The first-order valence-corrected chi connectivity index (χ1v) is 12.9. The van der Waals surface area contributed by atoms with Crippen molar-refractivity contribution in [2.75, 3.05) is 0 Å². The number of hydrogen-bond donors (Lipinski definition) is 0. The summed E-state index contributed by atoms with van der Waals surface area (Å²) in [7, 11) is 0. The Kier molecular flexibility index (Phi) is 13.7. The second-order valence-corrected chi connectivity index (χ2v) is 8.66. The quantitative estimate of drug-likeness (QED) is 0.170. The maximum absolute atomic E-state index is 4.25. The molecule has 0 radical (unpaired) electrons. The third-order valence-corrected chi connectivity index (χ3v) is 5.61. The van der Waals surface area contributed by atoms with Gasteiger partial charge in [-0.2, -0.15) is 108 Å². The molecule has 198 valence electrons. The average molecular weight is 697 g/mol. The molecule has 3 aromatic carbocycles. The summed E-state index contributed by atoms with van der Waals surface area (Å²) in [5.74, 6) is 0. The fraction of sp³-hybridized carbons (Fsp3) is 0.0833. The number of aromatic nitrogens is 3. The van der Waals surface area contributed by atoms with Gasteiger partial charge in [0.1, 0.15) is 0 Å². The molecule has 6 rings (SSSR count). The van der Waals surface area contributed by atoms with Gasteiger partial charge in [-0.1, -0.05) is 18.2 Å². The third kappa shape index (κ3) is 11.7. The predicted molar refractivity (Wildman–Crippen MR) is 157 cm³/mol. The Bertz CT molecular complexity index is 1140. The molecule has 0 aliphatic rings. The van der Waals surface area contributed by atoms with Crippen molar-refractivity contribution >= 4 is 0 Å². The monoisotopic (exact) mass is 697 g/mol. The molecular weight excluding hydrogens is 667 g/mol. The van der Waals surface area contributed by atoms with E-state index in [-0.39, 0.29) is 20.1 Å². The van der Waals surface area contributed by atoms with Gasteiger partial charge >= 0.3 is 20.1 Å². The van der Waals surface area contributed by atoms with E-state index in [1.807, 2.05) is 128 Å². The first-order chi connectivity index (χ1) is 19.3. The van der Waals surface area contributed by atoms with Crippen LogP contribution in [0.15, 0.2) is 146 Å². The van der Waals surface area contributed by atoms with Gasteiger partial charge < -0.3 is 0 Å². The van der Waals surface area contributed by atoms with Crippen LogP contribution in [0.4, 0.5) is 0 Å². The van der Waals surface area contributed by atoms with Gasteiger partial charge in [-0.3, -0.25) is 15.0 Å². The number of hydrogen-bond acceptors (Lipinski definition) is 3. The molecule has 0 saturated heterocycles. The SMILES string of the molecule is [Ir+3].[c-]1ccccc1Cc1ccccn1.[c-]1ccccc1Cc1ccccn1.[c-]1ccccc1Cc1ccccn1. The van der Waals surface area contributed by atoms with Gasteiger partial charge in [0.25, 0.3) is 0 Å². The van der Waals surface area contributed by atoms with Crippen LogP contribution in [-0.4, -0.2) is 15.0 Å². The molecule has 0 spiro atoms. The number of rotatable bonds is 6. The molecule has 0 saturated carbocycles. The van der Waals surface area contributed by atoms with Crippen LogP contribution >= 0.6 is 0 Å². The van der Waals surface area contributed by atoms with Crippen molar-refractivity contribution in [1.82, 2.24) is 15.0 Å². The van der Waals surface area contributed by atoms with Crippen LogP contribution in [-0.2, 0) is 39.4 Å². The molecule has 0 atom stereocenters. The molecule has 4 heteroatoms. The molecule has 0 amide bonds. The van der Waals surface area contributed by atoms with Crippen LogP contribution in [0.5, 0.6) is 0 Å². The van der Waals surface area contributed by atoms with Gasteiger partial charge in [-0.25, -0.2) is 0 Å². The van der Waals surface area contributed by atoms with Crippen molar-refractivity contribution in [2.45, 2.75) is 19.3 Å². The summed E-state index contributed by atoms with van der Waals surface area (Å²) in [6.45, 7) is 0. The van der Waals surface area contributed by atoms with E-state index in [1.54, 1.807) is 0 Å². The Labute approximate surface area is 251 Å². The molecule has 40 heavy (non-hydrogen) atoms. The van der Waals surface area contributed by atoms with E-state index in [4.69, 9.17) is 0 Å². The molecule has 0 bridgehead atoms. The number of benzene rings is 3. The molecule has 6 aromatic rings. The minimum absolute atomic E-state index is 0. The van der Waals surface area contributed by atoms with E-state index in [2.05, 4.69) is 51.4 Å². The predicted octanol–water partition coefficient (Wildman–Crippen LogP) is 7.42. The van der Waals surface area contributed by atoms with Gasteiger partial charge in [0.15, 0.2) is 0 Å². The topological polar surface area (TPSA) is 38.7 Å². The summed E-state index contributed by atoms with van der Waals surface area (Å²) in [5.41, 5.74) is 6.81. The second-order valence-electron chi connectivity index (χ2n) is 8.66. The van der Waals surface area contributed by atoms with E-state index in [9.17, 15) is 0 Å². The van der Waals surface area contributed by atoms with Crippen LogP contribution in [0, 0.1) is 18.2 Å². The summed E-state index contributed by atoms with van der Waals surface area (Å²) in [4.78, 5) is 12.8. The first-order valence-electron chi connectivity index (χ1n) is 12.9. The fourth-order valence-corrected chi connectivity index (χ4v) is 3.71. The normalized spacial score (nSPS) is 9.60. The Morgan fingerprint density at radius 1 is 0.375 bits per heavy atom. The Morgan fingerprint density at radius 2 is 0.675 bits per heavy atom. The maximum Gasteiger partial charge on any atom is 3.00 e. The average Bonchev–Trinajstić information content (AvgIpc) is 3.01. The van der Waals surface area contributed by atoms with Crippen molar-refractivity contribution in [3.8, 4) is 0 Å². The van der Waals surface area contributed by atoms with Crippen molar-refractivity contribution in [2.24, 2.45) is 0 Å². The molecule has 0 aliphatic carbocycles. The standard InChI is InChI=1S/3C12H10N.Ir/c3*1-2-6-11(7-3-1)10-12-8-4-5-9-13-12;/h3*1-6,8-9H,10H2;/q3*-1;+3. The third-order valence-electron chi connectivity index (χ3n) is 5.61. The molecule has 0 unspecified atom stereocenters. The molecule has 0 aliphatic heterocycles. The largest absolute Gasteiger partial charge is 3.00 e. The van der Waals surface area contributed by atoms with E-state index in [1.165, 1.54) is 16.7 Å². The number of pyridine rings is 3. The van der Waals surface area contributed by atoms with Gasteiger partial charge in [0.2, 0.25) is 0 Å². The summed E-state index contributed by atoms with van der Waals surface area (Å²) < 4.78 is 0. The van der Waals surface area contributed by atoms with Crippen LogP contribution in [0.1, 0.15) is 33.8 Å². The van der Waals surface area contributed by atoms with Crippen LogP contribution in [0.25, 0.3) is 0 Å². The summed E-state index contributed by atoms with van der Waals surface area (Å²) >= 11 is 0. The van der Waals surface area contributed by atoms with Gasteiger partial charge in [-0.15, -0.1) is 0 Å². The zero-order valence-electron chi connectivity index (χ0n) is 22.2.